The van der Waals surface area contributed by atoms with Gasteiger partial charge in [0, 0.05) is 12.7 Å². The van der Waals surface area contributed by atoms with Gasteiger partial charge in [-0.2, -0.15) is 0 Å². The first-order valence-corrected chi connectivity index (χ1v) is 6.72. The van der Waals surface area contributed by atoms with Crippen LogP contribution in [-0.4, -0.2) is 18.1 Å². The molecule has 0 spiro atoms. The molecule has 0 saturated heterocycles. The number of aromatic nitrogens is 1. The van der Waals surface area contributed by atoms with E-state index < -0.39 is 0 Å². The van der Waals surface area contributed by atoms with Crippen molar-refractivity contribution >= 4 is 5.82 Å². The summed E-state index contributed by atoms with van der Waals surface area (Å²) in [4.78, 5) is 4.36. The molecule has 1 N–H and O–H groups in total. The van der Waals surface area contributed by atoms with Crippen LogP contribution in [0.5, 0.6) is 5.75 Å². The van der Waals surface area contributed by atoms with Gasteiger partial charge in [-0.25, -0.2) is 4.98 Å². The maximum Gasteiger partial charge on any atom is 0.168 e. The maximum atomic E-state index is 5.68. The highest BCUT2D eigenvalue weighted by Gasteiger charge is 2.15. The van der Waals surface area contributed by atoms with Crippen LogP contribution in [0, 0.1) is 5.92 Å². The van der Waals surface area contributed by atoms with Gasteiger partial charge in [0.25, 0.3) is 0 Å². The normalized spacial score (nSPS) is 16.1. The van der Waals surface area contributed by atoms with Crippen LogP contribution in [-0.2, 0) is 0 Å². The monoisotopic (exact) mass is 234 g/mol. The number of hydrogen-bond donors (Lipinski definition) is 1. The molecule has 17 heavy (non-hydrogen) atoms. The van der Waals surface area contributed by atoms with Crippen LogP contribution in [0.4, 0.5) is 5.82 Å². The van der Waals surface area contributed by atoms with Crippen LogP contribution in [0.1, 0.15) is 39.0 Å². The minimum atomic E-state index is 0.754. The Balaban J connectivity index is 1.89. The number of ether oxygens (including phenoxy) is 1. The first-order valence-electron chi connectivity index (χ1n) is 6.72. The minimum Gasteiger partial charge on any atom is -0.490 e. The van der Waals surface area contributed by atoms with E-state index in [1.807, 2.05) is 18.3 Å². The zero-order valence-corrected chi connectivity index (χ0v) is 10.6. The van der Waals surface area contributed by atoms with Gasteiger partial charge in [0.1, 0.15) is 0 Å². The lowest BCUT2D eigenvalue weighted by Crippen LogP contribution is -2.13. The van der Waals surface area contributed by atoms with Gasteiger partial charge < -0.3 is 10.1 Å². The second kappa shape index (κ2) is 6.48. The third-order valence-electron chi connectivity index (χ3n) is 3.27. The number of hydrogen-bond acceptors (Lipinski definition) is 3. The number of nitrogens with zero attached hydrogens (tertiary/aromatic N) is 1. The predicted octanol–water partition coefficient (Wildman–Crippen LogP) is 3.47. The van der Waals surface area contributed by atoms with Gasteiger partial charge in [0.15, 0.2) is 11.6 Å². The van der Waals surface area contributed by atoms with E-state index in [9.17, 15) is 0 Å². The molecule has 0 aromatic carbocycles. The first-order chi connectivity index (χ1) is 8.40. The molecule has 1 aromatic rings. The molecule has 3 nitrogen and oxygen atoms in total. The SMILES string of the molecule is CCCOc1cccnc1NCC1CCCC1. The van der Waals surface area contributed by atoms with Crippen LogP contribution < -0.4 is 10.1 Å². The summed E-state index contributed by atoms with van der Waals surface area (Å²) in [7, 11) is 0. The fourth-order valence-electron chi connectivity index (χ4n) is 2.31. The van der Waals surface area contributed by atoms with Crippen LogP contribution in [0.15, 0.2) is 18.3 Å². The summed E-state index contributed by atoms with van der Waals surface area (Å²) in [5, 5.41) is 3.43. The highest BCUT2D eigenvalue weighted by Crippen LogP contribution is 2.26. The summed E-state index contributed by atoms with van der Waals surface area (Å²) in [5.41, 5.74) is 0. The quantitative estimate of drug-likeness (QED) is 0.818. The molecule has 1 aromatic heterocycles. The zero-order valence-electron chi connectivity index (χ0n) is 10.6. The Labute approximate surface area is 104 Å². The lowest BCUT2D eigenvalue weighted by atomic mass is 10.1. The molecule has 0 radical (unpaired) electrons. The van der Waals surface area contributed by atoms with Crippen molar-refractivity contribution < 1.29 is 4.74 Å². The molecule has 0 unspecified atom stereocenters. The van der Waals surface area contributed by atoms with Gasteiger partial charge in [0.2, 0.25) is 0 Å². The van der Waals surface area contributed by atoms with Gasteiger partial charge in [-0.1, -0.05) is 19.8 Å². The van der Waals surface area contributed by atoms with E-state index in [4.69, 9.17) is 4.74 Å². The molecule has 1 heterocycles. The van der Waals surface area contributed by atoms with Crippen molar-refractivity contribution in [2.45, 2.75) is 39.0 Å². The van der Waals surface area contributed by atoms with Crippen molar-refractivity contribution in [3.63, 3.8) is 0 Å². The van der Waals surface area contributed by atoms with Gasteiger partial charge in [0.05, 0.1) is 6.61 Å². The van der Waals surface area contributed by atoms with E-state index in [-0.39, 0.29) is 0 Å². The molecule has 0 amide bonds. The molecular formula is C14H22N2O. The molecule has 1 aliphatic carbocycles. The van der Waals surface area contributed by atoms with Crippen molar-refractivity contribution in [2.24, 2.45) is 5.92 Å². The van der Waals surface area contributed by atoms with Crippen LogP contribution >= 0.6 is 0 Å². The summed E-state index contributed by atoms with van der Waals surface area (Å²) < 4.78 is 5.68. The van der Waals surface area contributed by atoms with Crippen molar-refractivity contribution in [2.75, 3.05) is 18.5 Å². The molecule has 1 saturated carbocycles. The predicted molar refractivity (Wildman–Crippen MR) is 70.5 cm³/mol. The van der Waals surface area contributed by atoms with Crippen molar-refractivity contribution in [1.82, 2.24) is 4.98 Å². The third-order valence-corrected chi connectivity index (χ3v) is 3.27. The Morgan fingerprint density at radius 3 is 3.00 bits per heavy atom. The van der Waals surface area contributed by atoms with Crippen LogP contribution in [0.2, 0.25) is 0 Å². The average Bonchev–Trinajstić information content (AvgIpc) is 2.88. The number of anilines is 1. The van der Waals surface area contributed by atoms with Crippen LogP contribution in [0.3, 0.4) is 0 Å². The molecule has 1 fully saturated rings. The van der Waals surface area contributed by atoms with E-state index in [1.54, 1.807) is 0 Å². The van der Waals surface area contributed by atoms with Gasteiger partial charge in [-0.05, 0) is 37.3 Å². The number of pyridine rings is 1. The van der Waals surface area contributed by atoms with E-state index in [1.165, 1.54) is 25.7 Å². The molecule has 0 aliphatic heterocycles. The fraction of sp³-hybridized carbons (Fsp3) is 0.643. The molecule has 94 valence electrons. The van der Waals surface area contributed by atoms with E-state index in [0.29, 0.717) is 0 Å². The van der Waals surface area contributed by atoms with Gasteiger partial charge in [-0.3, -0.25) is 0 Å². The Hall–Kier alpha value is -1.25. The van der Waals surface area contributed by atoms with E-state index in [0.717, 1.165) is 37.1 Å². The summed E-state index contributed by atoms with van der Waals surface area (Å²) in [6.45, 7) is 3.89. The Bertz CT molecular complexity index is 335. The van der Waals surface area contributed by atoms with Crippen molar-refractivity contribution in [1.29, 1.82) is 0 Å². The molecular weight excluding hydrogens is 212 g/mol. The fourth-order valence-corrected chi connectivity index (χ4v) is 2.31. The highest BCUT2D eigenvalue weighted by atomic mass is 16.5. The standard InChI is InChI=1S/C14H22N2O/c1-2-10-17-13-8-5-9-15-14(13)16-11-12-6-3-4-7-12/h5,8-9,12H,2-4,6-7,10-11H2,1H3,(H,15,16). The summed E-state index contributed by atoms with van der Waals surface area (Å²) >= 11 is 0. The first kappa shape index (κ1) is 12.2. The van der Waals surface area contributed by atoms with Crippen molar-refractivity contribution in [3.8, 4) is 5.75 Å². The molecule has 0 atom stereocenters. The van der Waals surface area contributed by atoms with E-state index in [2.05, 4.69) is 17.2 Å². The van der Waals surface area contributed by atoms with Gasteiger partial charge >= 0.3 is 0 Å². The van der Waals surface area contributed by atoms with Crippen molar-refractivity contribution in [3.05, 3.63) is 18.3 Å². The Kier molecular flexibility index (Phi) is 4.65. The lowest BCUT2D eigenvalue weighted by Gasteiger charge is -2.14. The topological polar surface area (TPSA) is 34.1 Å². The second-order valence-corrected chi connectivity index (χ2v) is 4.73. The van der Waals surface area contributed by atoms with E-state index >= 15 is 0 Å². The van der Waals surface area contributed by atoms with Crippen LogP contribution in [0.25, 0.3) is 0 Å². The zero-order chi connectivity index (χ0) is 11.9. The largest absolute Gasteiger partial charge is 0.490 e. The Morgan fingerprint density at radius 2 is 2.24 bits per heavy atom. The second-order valence-electron chi connectivity index (χ2n) is 4.73. The summed E-state index contributed by atoms with van der Waals surface area (Å²) in [6, 6.07) is 3.91. The highest BCUT2D eigenvalue weighted by molar-refractivity contribution is 5.49. The summed E-state index contributed by atoms with van der Waals surface area (Å²) in [5.74, 6) is 2.59. The number of nitrogens with one attached hydrogen (secondary N) is 1. The lowest BCUT2D eigenvalue weighted by molar-refractivity contribution is 0.317. The third kappa shape index (κ3) is 3.62. The molecule has 0 bridgehead atoms. The average molecular weight is 234 g/mol. The summed E-state index contributed by atoms with van der Waals surface area (Å²) in [6.07, 6.45) is 8.31. The number of rotatable bonds is 6. The molecule has 2 rings (SSSR count). The maximum absolute atomic E-state index is 5.68. The minimum absolute atomic E-state index is 0.754. The smallest absolute Gasteiger partial charge is 0.168 e. The Morgan fingerprint density at radius 1 is 1.41 bits per heavy atom. The molecule has 3 heteroatoms. The molecule has 1 aliphatic rings. The van der Waals surface area contributed by atoms with Gasteiger partial charge in [-0.15, -0.1) is 0 Å².